The number of nitrogens with two attached hydrogens (primary N) is 1. The molecule has 1 aromatic heterocycles. The number of carbonyl (C=O) groups excluding carboxylic acids is 2. The third-order valence-electron chi connectivity index (χ3n) is 8.55. The molecule has 49 heavy (non-hydrogen) atoms. The fourth-order valence-corrected chi connectivity index (χ4v) is 6.69. The standard InChI is InChI=1S/C28H36N8O11S2/c1-27(2)21(24(39)36(27)47-49(42,43)44)34-23(38)20(17-12-48-26(30)33-17)35-46-28(3,25(40)41)19-7-5-13-8-14(4-6-18(13)45-19)22(29)32-15-9-16(11-37)31-10-15/h4,6,8,12,15-16,19,21,31,37H,5,7,9-11H2,1-3H3,(H2,29,32)(H2,30,33)(H,34,38)(H,40,41)(H,42,43,44)/b35-20-/t15-,16+,19-,21-,28+/m1/s1. The molecule has 5 atom stereocenters. The number of fused-ring (bicyclic) bond motifs is 1. The lowest BCUT2D eigenvalue weighted by Gasteiger charge is -2.50. The number of amides is 2. The summed E-state index contributed by atoms with van der Waals surface area (Å²) in [6.07, 6.45) is 0.115. The lowest BCUT2D eigenvalue weighted by Crippen LogP contribution is -2.76. The highest BCUT2D eigenvalue weighted by Gasteiger charge is 2.58. The van der Waals surface area contributed by atoms with Crippen LogP contribution < -0.4 is 26.4 Å². The first-order valence-electron chi connectivity index (χ1n) is 14.9. The van der Waals surface area contributed by atoms with Crippen molar-refractivity contribution in [2.24, 2.45) is 5.16 Å². The molecule has 9 N–H and O–H groups in total. The highest BCUT2D eigenvalue weighted by Crippen LogP contribution is 2.35. The van der Waals surface area contributed by atoms with Gasteiger partial charge in [-0.25, -0.2) is 9.78 Å². The molecule has 0 aliphatic carbocycles. The maximum atomic E-state index is 13.4. The number of nitrogens with zero attached hydrogens (tertiary/aromatic N) is 3. The molecule has 21 heteroatoms. The van der Waals surface area contributed by atoms with E-state index in [-0.39, 0.29) is 41.8 Å². The quantitative estimate of drug-likeness (QED) is 0.0435. The van der Waals surface area contributed by atoms with Crippen LogP contribution in [0.4, 0.5) is 5.13 Å². The van der Waals surface area contributed by atoms with E-state index in [4.69, 9.17) is 25.3 Å². The summed E-state index contributed by atoms with van der Waals surface area (Å²) in [6.45, 7) is 4.58. The van der Waals surface area contributed by atoms with Crippen molar-refractivity contribution in [3.05, 3.63) is 40.4 Å². The number of hydrogen-bond donors (Lipinski definition) is 8. The summed E-state index contributed by atoms with van der Waals surface area (Å²) >= 11 is 0.956. The first-order chi connectivity index (χ1) is 22.9. The summed E-state index contributed by atoms with van der Waals surface area (Å²) < 4.78 is 41.7. The first kappa shape index (κ1) is 35.9. The fourth-order valence-electron chi connectivity index (χ4n) is 5.68. The molecule has 0 unspecified atom stereocenters. The Balaban J connectivity index is 1.32. The molecular weight excluding hydrogens is 688 g/mol. The Bertz CT molecular complexity index is 1800. The molecular formula is C28H36N8O11S2. The van der Waals surface area contributed by atoms with Gasteiger partial charge in [-0.3, -0.25) is 19.6 Å². The number of nitrogen functional groups attached to an aromatic ring is 1. The first-order valence-corrected chi connectivity index (χ1v) is 17.2. The number of amidine groups is 1. The minimum Gasteiger partial charge on any atom is -0.485 e. The Morgan fingerprint density at radius 1 is 1.35 bits per heavy atom. The molecule has 19 nitrogen and oxygen atoms in total. The van der Waals surface area contributed by atoms with Gasteiger partial charge in [0.2, 0.25) is 0 Å². The van der Waals surface area contributed by atoms with Crippen molar-refractivity contribution < 1.29 is 51.4 Å². The van der Waals surface area contributed by atoms with Gasteiger partial charge in [0.25, 0.3) is 17.4 Å². The minimum absolute atomic E-state index is 0.0116. The number of aromatic nitrogens is 1. The average Bonchev–Trinajstić information content (AvgIpc) is 3.69. The predicted molar refractivity (Wildman–Crippen MR) is 172 cm³/mol. The number of aliphatic hydroxyl groups is 1. The summed E-state index contributed by atoms with van der Waals surface area (Å²) in [4.78, 5) is 48.3. The Labute approximate surface area is 284 Å². The number of β-lactam (4-membered cyclic amide) rings is 1. The van der Waals surface area contributed by atoms with Crippen molar-refractivity contribution in [2.45, 2.75) is 75.4 Å². The number of aliphatic carboxylic acids is 1. The van der Waals surface area contributed by atoms with Crippen molar-refractivity contribution in [1.82, 2.24) is 26.0 Å². The third-order valence-corrected chi connectivity index (χ3v) is 9.56. The van der Waals surface area contributed by atoms with Gasteiger partial charge in [-0.1, -0.05) is 5.16 Å². The number of aliphatic hydroxyl groups excluding tert-OH is 1. The molecule has 3 aliphatic heterocycles. The van der Waals surface area contributed by atoms with Crippen molar-refractivity contribution in [3.8, 4) is 5.75 Å². The van der Waals surface area contributed by atoms with Gasteiger partial charge >= 0.3 is 16.4 Å². The third kappa shape index (κ3) is 7.45. The number of aryl methyl sites for hydroxylation is 1. The molecule has 0 bridgehead atoms. The van der Waals surface area contributed by atoms with Crippen molar-refractivity contribution >= 4 is 56.2 Å². The van der Waals surface area contributed by atoms with E-state index >= 15 is 0 Å². The Morgan fingerprint density at radius 2 is 2.08 bits per heavy atom. The van der Waals surface area contributed by atoms with E-state index in [2.05, 4.69) is 30.4 Å². The lowest BCUT2D eigenvalue weighted by molar-refractivity contribution is -0.218. The van der Waals surface area contributed by atoms with Crippen LogP contribution in [0.15, 0.2) is 28.7 Å². The highest BCUT2D eigenvalue weighted by atomic mass is 32.3. The van der Waals surface area contributed by atoms with Crippen LogP contribution >= 0.6 is 11.3 Å². The van der Waals surface area contributed by atoms with Crippen LogP contribution in [-0.4, -0.2) is 111 Å². The van der Waals surface area contributed by atoms with Crippen molar-refractivity contribution in [3.63, 3.8) is 0 Å². The minimum atomic E-state index is -5.04. The van der Waals surface area contributed by atoms with Crippen LogP contribution in [0.5, 0.6) is 5.75 Å². The van der Waals surface area contributed by atoms with E-state index in [1.807, 2.05) is 0 Å². The Morgan fingerprint density at radius 3 is 2.67 bits per heavy atom. The molecule has 2 saturated heterocycles. The number of thiazole rings is 1. The van der Waals surface area contributed by atoms with Crippen LogP contribution in [0.2, 0.25) is 0 Å². The Hall–Kier alpha value is -4.41. The predicted octanol–water partition coefficient (Wildman–Crippen LogP) is -0.839. The Kier molecular flexibility index (Phi) is 9.87. The molecule has 3 aliphatic rings. The molecule has 4 heterocycles. The summed E-state index contributed by atoms with van der Waals surface area (Å²) in [5, 5.41) is 42.5. The number of ether oxygens (including phenoxy) is 1. The fraction of sp³-hybridized carbons (Fsp3) is 0.500. The number of nitrogens with one attached hydrogen (secondary N) is 4. The zero-order valence-corrected chi connectivity index (χ0v) is 28.1. The maximum absolute atomic E-state index is 13.4. The normalized spacial score (nSPS) is 24.6. The monoisotopic (exact) mass is 724 g/mol. The summed E-state index contributed by atoms with van der Waals surface area (Å²) in [6, 6.07) is 3.69. The van der Waals surface area contributed by atoms with Crippen LogP contribution in [0.1, 0.15) is 50.4 Å². The van der Waals surface area contributed by atoms with E-state index < -0.39 is 57.2 Å². The van der Waals surface area contributed by atoms with Gasteiger partial charge < -0.3 is 41.5 Å². The highest BCUT2D eigenvalue weighted by molar-refractivity contribution is 7.80. The van der Waals surface area contributed by atoms with Gasteiger partial charge in [-0.2, -0.15) is 13.5 Å². The molecule has 0 saturated carbocycles. The van der Waals surface area contributed by atoms with Gasteiger partial charge in [0.1, 0.15) is 23.3 Å². The van der Waals surface area contributed by atoms with Gasteiger partial charge in [0.05, 0.1) is 12.1 Å². The van der Waals surface area contributed by atoms with E-state index in [1.54, 1.807) is 18.2 Å². The molecule has 2 amide bonds. The number of carboxylic acids is 1. The smallest absolute Gasteiger partial charge is 0.418 e. The lowest BCUT2D eigenvalue weighted by atomic mass is 9.84. The molecule has 5 rings (SSSR count). The summed E-state index contributed by atoms with van der Waals surface area (Å²) in [7, 11) is -5.04. The van der Waals surface area contributed by atoms with E-state index in [0.717, 1.165) is 16.9 Å². The molecule has 0 spiro atoms. The van der Waals surface area contributed by atoms with E-state index in [9.17, 15) is 33.0 Å². The average molecular weight is 725 g/mol. The summed E-state index contributed by atoms with van der Waals surface area (Å²) in [5.74, 6) is -2.91. The van der Waals surface area contributed by atoms with E-state index in [1.165, 1.54) is 26.2 Å². The molecule has 266 valence electrons. The van der Waals surface area contributed by atoms with Crippen LogP contribution in [0, 0.1) is 5.41 Å². The SMILES string of the molecule is CC1(C)[C@H](NC(=O)/C(=N\O[C@](C)(C(=O)O)[C@H]2CCc3cc(C(=N)N[C@H]4CN[C@H](CO)C4)ccc3O2)c2csc(N)n2)C(=O)N1OS(=O)(=O)O. The van der Waals surface area contributed by atoms with Crippen LogP contribution in [-0.2, 0) is 40.3 Å². The zero-order valence-electron chi connectivity index (χ0n) is 26.5. The summed E-state index contributed by atoms with van der Waals surface area (Å²) in [5.41, 5.74) is 2.89. The number of oxime groups is 1. The van der Waals surface area contributed by atoms with Crippen LogP contribution in [0.25, 0.3) is 0 Å². The van der Waals surface area contributed by atoms with Gasteiger partial charge in [-0.15, -0.1) is 15.6 Å². The molecule has 2 fully saturated rings. The number of benzene rings is 1. The van der Waals surface area contributed by atoms with Gasteiger partial charge in [-0.05, 0) is 63.8 Å². The van der Waals surface area contributed by atoms with Gasteiger partial charge in [0, 0.05) is 29.6 Å². The number of hydrogen-bond acceptors (Lipinski definition) is 15. The molecule has 0 radical (unpaired) electrons. The van der Waals surface area contributed by atoms with Crippen molar-refractivity contribution in [2.75, 3.05) is 18.9 Å². The second-order valence-corrected chi connectivity index (χ2v) is 14.3. The van der Waals surface area contributed by atoms with Gasteiger partial charge in [0.15, 0.2) is 16.9 Å². The van der Waals surface area contributed by atoms with E-state index in [0.29, 0.717) is 35.8 Å². The number of carboxylic acid groups (broad SMARTS) is 1. The topological polar surface area (TPSA) is 288 Å². The van der Waals surface area contributed by atoms with Crippen molar-refractivity contribution in [1.29, 1.82) is 5.41 Å². The second kappa shape index (κ2) is 13.5. The number of rotatable bonds is 12. The second-order valence-electron chi connectivity index (χ2n) is 12.4. The zero-order chi connectivity index (χ0) is 35.9. The largest absolute Gasteiger partial charge is 0.485 e. The molecule has 1 aromatic carbocycles. The van der Waals surface area contributed by atoms with Crippen LogP contribution in [0.3, 0.4) is 0 Å². The maximum Gasteiger partial charge on any atom is 0.418 e. The number of carbonyl (C=O) groups is 3. The molecule has 2 aromatic rings. The number of hydroxylamine groups is 2. The number of anilines is 1.